The van der Waals surface area contributed by atoms with Gasteiger partial charge in [-0.25, -0.2) is 19.0 Å². The Bertz CT molecular complexity index is 2510. The van der Waals surface area contributed by atoms with Gasteiger partial charge in [-0.2, -0.15) is 0 Å². The van der Waals surface area contributed by atoms with E-state index in [1.807, 2.05) is 17.0 Å². The van der Waals surface area contributed by atoms with Crippen LogP contribution in [0.5, 0.6) is 0 Å². The monoisotopic (exact) mass is 935 g/mol. The highest BCUT2D eigenvalue weighted by molar-refractivity contribution is 5.83. The predicted octanol–water partition coefficient (Wildman–Crippen LogP) is 8.64. The quantitative estimate of drug-likeness (QED) is 0.0907. The first-order valence-corrected chi connectivity index (χ1v) is 24.5. The molecular formula is C51H67FN10O6. The molecule has 1 aromatic heterocycles. The average Bonchev–Trinajstić information content (AvgIpc) is 4.15. The molecule has 3 amide bonds. The van der Waals surface area contributed by atoms with Crippen LogP contribution in [0.25, 0.3) is 11.0 Å². The van der Waals surface area contributed by atoms with Gasteiger partial charge in [-0.3, -0.25) is 19.8 Å². The van der Waals surface area contributed by atoms with E-state index < -0.39 is 29.6 Å². The van der Waals surface area contributed by atoms with Crippen LogP contribution >= 0.6 is 0 Å². The number of anilines is 4. The molecule has 4 fully saturated rings. The number of H-pyrrole nitrogens is 1. The Hall–Kier alpha value is -6.10. The van der Waals surface area contributed by atoms with E-state index in [-0.39, 0.29) is 48.6 Å². The van der Waals surface area contributed by atoms with Crippen LogP contribution in [-0.2, 0) is 19.1 Å². The molecular weight excluding hydrogens is 868 g/mol. The number of hydrogen-bond acceptors (Lipinski definition) is 12. The number of aldehydes is 1. The number of benzene rings is 3. The van der Waals surface area contributed by atoms with E-state index in [0.29, 0.717) is 24.6 Å². The molecule has 6 atom stereocenters. The molecule has 2 unspecified atom stereocenters. The third-order valence-electron chi connectivity index (χ3n) is 13.8. The molecule has 68 heavy (non-hydrogen) atoms. The molecule has 5 N–H and O–H groups in total. The molecule has 4 saturated heterocycles. The molecule has 364 valence electrons. The highest BCUT2D eigenvalue weighted by Gasteiger charge is 2.41. The van der Waals surface area contributed by atoms with Gasteiger partial charge in [0.05, 0.1) is 52.3 Å². The number of piperidine rings is 1. The summed E-state index contributed by atoms with van der Waals surface area (Å²) in [6, 6.07) is 17.9. The number of amides is 3. The van der Waals surface area contributed by atoms with E-state index in [1.54, 1.807) is 52.5 Å². The van der Waals surface area contributed by atoms with Crippen LogP contribution in [0, 0.1) is 5.82 Å². The Morgan fingerprint density at radius 3 is 2.19 bits per heavy atom. The molecule has 5 aliphatic rings. The number of likely N-dealkylation sites (tertiary alicyclic amines) is 2. The minimum absolute atomic E-state index is 0.0790. The number of rotatable bonds is 11. The predicted molar refractivity (Wildman–Crippen MR) is 260 cm³/mol. The zero-order chi connectivity index (χ0) is 47.9. The number of nitrogens with one attached hydrogen (secondary N) is 5. The highest BCUT2D eigenvalue weighted by Crippen LogP contribution is 2.49. The van der Waals surface area contributed by atoms with Gasteiger partial charge in [0.2, 0.25) is 5.91 Å². The summed E-state index contributed by atoms with van der Waals surface area (Å²) in [5, 5.41) is 12.7. The summed E-state index contributed by atoms with van der Waals surface area (Å²) >= 11 is 0. The van der Waals surface area contributed by atoms with Crippen LogP contribution in [0.1, 0.15) is 134 Å². The Kier molecular flexibility index (Phi) is 13.2. The normalized spacial score (nSPS) is 23.5. The Morgan fingerprint density at radius 1 is 0.779 bits per heavy atom. The fourth-order valence-electron chi connectivity index (χ4n) is 10.9. The maximum atomic E-state index is 16.4. The van der Waals surface area contributed by atoms with E-state index in [0.717, 1.165) is 116 Å². The van der Waals surface area contributed by atoms with Crippen molar-refractivity contribution >= 4 is 58.2 Å². The van der Waals surface area contributed by atoms with Crippen molar-refractivity contribution < 1.29 is 33.0 Å². The van der Waals surface area contributed by atoms with Gasteiger partial charge in [0.25, 0.3) is 0 Å². The molecule has 3 aromatic carbocycles. The molecule has 5 aliphatic heterocycles. The van der Waals surface area contributed by atoms with E-state index >= 15 is 4.39 Å². The van der Waals surface area contributed by atoms with Crippen molar-refractivity contribution in [3.8, 4) is 0 Å². The van der Waals surface area contributed by atoms with Crippen molar-refractivity contribution in [3.05, 3.63) is 77.4 Å². The minimum atomic E-state index is -0.834. The number of hydrogen-bond donors (Lipinski definition) is 5. The maximum Gasteiger partial charge on any atom is 0.409 e. The van der Waals surface area contributed by atoms with Crippen LogP contribution < -0.4 is 31.1 Å². The summed E-state index contributed by atoms with van der Waals surface area (Å²) in [4.78, 5) is 67.7. The fourth-order valence-corrected chi connectivity index (χ4v) is 10.9. The smallest absolute Gasteiger partial charge is 0.409 e. The van der Waals surface area contributed by atoms with E-state index in [1.165, 1.54) is 0 Å². The number of aromatic amines is 1. The second-order valence-electron chi connectivity index (χ2n) is 20.9. The van der Waals surface area contributed by atoms with Gasteiger partial charge in [0, 0.05) is 31.9 Å². The van der Waals surface area contributed by atoms with Crippen molar-refractivity contribution in [3.63, 3.8) is 0 Å². The van der Waals surface area contributed by atoms with Gasteiger partial charge >= 0.3 is 12.2 Å². The molecule has 9 rings (SSSR count). The van der Waals surface area contributed by atoms with E-state index in [2.05, 4.69) is 72.4 Å². The summed E-state index contributed by atoms with van der Waals surface area (Å²) in [7, 11) is 0. The van der Waals surface area contributed by atoms with Crippen molar-refractivity contribution in [2.24, 2.45) is 0 Å². The van der Waals surface area contributed by atoms with Gasteiger partial charge in [0.1, 0.15) is 41.7 Å². The van der Waals surface area contributed by atoms with Crippen molar-refractivity contribution in [2.45, 2.75) is 147 Å². The maximum absolute atomic E-state index is 16.4. The highest BCUT2D eigenvalue weighted by atomic mass is 19.1. The Balaban J connectivity index is 0.963. The fraction of sp³-hybridized carbons (Fsp3) is 0.549. The summed E-state index contributed by atoms with van der Waals surface area (Å²) < 4.78 is 27.2. The number of carbonyl (C=O) groups is 4. The number of alkyl carbamates (subject to hydrolysis) is 2. The zero-order valence-corrected chi connectivity index (χ0v) is 40.2. The third kappa shape index (κ3) is 10.2. The van der Waals surface area contributed by atoms with Gasteiger partial charge < -0.3 is 45.1 Å². The van der Waals surface area contributed by atoms with Crippen LogP contribution in [-0.4, -0.2) is 106 Å². The van der Waals surface area contributed by atoms with Crippen molar-refractivity contribution in [2.75, 3.05) is 53.2 Å². The first-order valence-electron chi connectivity index (χ1n) is 24.5. The number of ether oxygens (including phenoxy) is 2. The number of carbonyl (C=O) groups excluding carboxylic acids is 4. The minimum Gasteiger partial charge on any atom is -0.444 e. The SMILES string of the molecule is CC(C)(C)OC(=O)NCC(=O)N1CCC[C@H]1c1nc2cc([C@@H]3CC[C@@H](c4ccc5c(c4)NC([C@@H]4CCCN4C(C=O)NC(=O)OC(C)(C)C)N5)N3c3ccc(N4CCCCC4)c(F)c3)ccc2[nH]1. The number of imidazole rings is 1. The Labute approximate surface area is 398 Å². The lowest BCUT2D eigenvalue weighted by molar-refractivity contribution is -0.131. The third-order valence-corrected chi connectivity index (χ3v) is 13.8. The molecule has 17 heteroatoms. The van der Waals surface area contributed by atoms with Gasteiger partial charge in [-0.15, -0.1) is 0 Å². The number of aromatic nitrogens is 2. The molecule has 0 aliphatic carbocycles. The lowest BCUT2D eigenvalue weighted by atomic mass is 10.0. The first kappa shape index (κ1) is 47.0. The number of nitrogens with zero attached hydrogens (tertiary/aromatic N) is 5. The molecule has 6 heterocycles. The summed E-state index contributed by atoms with van der Waals surface area (Å²) in [6.45, 7) is 13.4. The van der Waals surface area contributed by atoms with Crippen LogP contribution in [0.4, 0.5) is 36.7 Å². The summed E-state index contributed by atoms with van der Waals surface area (Å²) in [5.41, 5.74) is 5.79. The molecule has 16 nitrogen and oxygen atoms in total. The summed E-state index contributed by atoms with van der Waals surface area (Å²) in [5.74, 6) is 0.283. The molecule has 0 saturated carbocycles. The van der Waals surface area contributed by atoms with Gasteiger partial charge in [-0.1, -0.05) is 12.1 Å². The van der Waals surface area contributed by atoms with Crippen molar-refractivity contribution in [1.82, 2.24) is 30.4 Å². The standard InChI is InChI=1S/C51H67FN10O6/c1-50(2,3)67-48(65)53-29-45(64)61-25-11-13-43(61)47-55-36-18-15-32(27-38(36)57-47)40-21-20-39(62(40)33-16-19-41(34(52)28-33)59-22-8-7-9-23-59)31-14-17-35-37(26-31)56-46(54-35)42-12-10-24-60(42)44(30-63)58-49(66)68-51(4,5)6/h14-19,26-28,30,39-40,42-44,46,54,56H,7-13,20-25,29H2,1-6H3,(H,53,65)(H,55,57)(H,58,66)/t39-,40-,42-,43-,44?,46?/m0/s1. The van der Waals surface area contributed by atoms with E-state index in [9.17, 15) is 19.2 Å². The number of halogens is 1. The Morgan fingerprint density at radius 2 is 1.47 bits per heavy atom. The number of fused-ring (bicyclic) bond motifs is 2. The zero-order valence-electron chi connectivity index (χ0n) is 40.2. The topological polar surface area (TPSA) is 176 Å². The lowest BCUT2D eigenvalue weighted by Gasteiger charge is -2.35. The largest absolute Gasteiger partial charge is 0.444 e. The van der Waals surface area contributed by atoms with Crippen LogP contribution in [0.3, 0.4) is 0 Å². The van der Waals surface area contributed by atoms with Crippen LogP contribution in [0.2, 0.25) is 0 Å². The summed E-state index contributed by atoms with van der Waals surface area (Å²) in [6.07, 6.45) is 6.63. The van der Waals surface area contributed by atoms with E-state index in [4.69, 9.17) is 14.5 Å². The first-order chi connectivity index (χ1) is 32.5. The second kappa shape index (κ2) is 19.1. The van der Waals surface area contributed by atoms with Crippen molar-refractivity contribution in [1.29, 1.82) is 0 Å². The molecule has 4 aromatic rings. The molecule has 0 bridgehead atoms. The lowest BCUT2D eigenvalue weighted by Crippen LogP contribution is -2.56. The van der Waals surface area contributed by atoms with Gasteiger partial charge in [0.15, 0.2) is 6.29 Å². The average molecular weight is 935 g/mol. The second-order valence-corrected chi connectivity index (χ2v) is 20.9. The van der Waals surface area contributed by atoms with Crippen LogP contribution in [0.15, 0.2) is 54.6 Å². The molecule has 0 radical (unpaired) electrons. The molecule has 0 spiro atoms. The van der Waals surface area contributed by atoms with Gasteiger partial charge in [-0.05, 0) is 153 Å².